The van der Waals surface area contributed by atoms with Gasteiger partial charge in [0, 0.05) is 0 Å². The Labute approximate surface area is 67.3 Å². The van der Waals surface area contributed by atoms with E-state index in [1.54, 1.807) is 0 Å². The Kier molecular flexibility index (Phi) is 3.90. The fourth-order valence-corrected chi connectivity index (χ4v) is 7.77. The lowest BCUT2D eigenvalue weighted by Crippen LogP contribution is -2.28. The second-order valence-electron chi connectivity index (χ2n) is 3.42. The third kappa shape index (κ3) is 3.85. The molecule has 0 spiro atoms. The largest absolute Gasteiger partial charge is 0.107 e. The zero-order valence-corrected chi connectivity index (χ0v) is 9.28. The van der Waals surface area contributed by atoms with Crippen molar-refractivity contribution in [1.82, 2.24) is 0 Å². The van der Waals surface area contributed by atoms with Gasteiger partial charge in [-0.1, -0.05) is 25.3 Å². The lowest BCUT2D eigenvalue weighted by molar-refractivity contribution is 1.65. The fraction of sp³-hybridized carbons (Fsp3) is 0.500. The molecule has 0 aromatic heterocycles. The Morgan fingerprint density at radius 1 is 1.40 bits per heavy atom. The minimum atomic E-state index is -1.02. The first-order valence-electron chi connectivity index (χ1n) is 3.60. The van der Waals surface area contributed by atoms with Crippen LogP contribution in [-0.4, -0.2) is 16.9 Å². The molecule has 0 saturated heterocycles. The van der Waals surface area contributed by atoms with Gasteiger partial charge in [-0.05, 0) is 0 Å². The average Bonchev–Trinajstić information content (AvgIpc) is 1.87. The van der Waals surface area contributed by atoms with E-state index in [1.165, 1.54) is 5.67 Å². The van der Waals surface area contributed by atoms with Gasteiger partial charge in [0.1, 0.15) is 0 Å². The van der Waals surface area contributed by atoms with Crippen molar-refractivity contribution in [3.8, 4) is 0 Å². The van der Waals surface area contributed by atoms with Gasteiger partial charge in [-0.3, -0.25) is 0 Å². The van der Waals surface area contributed by atoms with Crippen molar-refractivity contribution in [2.45, 2.75) is 25.3 Å². The van der Waals surface area contributed by atoms with Crippen molar-refractivity contribution >= 4 is 16.9 Å². The van der Waals surface area contributed by atoms with Crippen LogP contribution in [0.15, 0.2) is 24.6 Å². The Balaban J connectivity index is 3.86. The van der Waals surface area contributed by atoms with Crippen molar-refractivity contribution in [3.63, 3.8) is 0 Å². The predicted molar refractivity (Wildman–Crippen MR) is 54.3 cm³/mol. The lowest BCUT2D eigenvalue weighted by atomic mass is 11.3. The molecule has 0 rings (SSSR count). The molecule has 10 heavy (non-hydrogen) atoms. The summed E-state index contributed by atoms with van der Waals surface area (Å²) >= 11 is 0. The lowest BCUT2D eigenvalue weighted by Gasteiger charge is -2.18. The third-order valence-corrected chi connectivity index (χ3v) is 9.31. The van der Waals surface area contributed by atoms with Gasteiger partial charge in [0.25, 0.3) is 0 Å². The van der Waals surface area contributed by atoms with E-state index in [2.05, 4.69) is 44.2 Å². The summed E-state index contributed by atoms with van der Waals surface area (Å²) in [5.41, 5.74) is 5.68. The van der Waals surface area contributed by atoms with Gasteiger partial charge in [0.2, 0.25) is 0 Å². The molecular weight excluding hydrogens is 152 g/mol. The Hall–Kier alpha value is -0.0862. The maximum atomic E-state index is 3.86. The molecule has 0 nitrogen and oxygen atoms in total. The molecule has 0 bridgehead atoms. The van der Waals surface area contributed by atoms with Crippen molar-refractivity contribution in [3.05, 3.63) is 24.6 Å². The molecule has 0 unspecified atom stereocenters. The van der Waals surface area contributed by atoms with Crippen molar-refractivity contribution < 1.29 is 0 Å². The first-order valence-corrected chi connectivity index (χ1v) is 9.17. The molecule has 0 N–H and O–H groups in total. The van der Waals surface area contributed by atoms with Crippen LogP contribution >= 0.6 is 0 Å². The number of rotatable bonds is 4. The summed E-state index contributed by atoms with van der Waals surface area (Å²) in [5, 5.41) is 0. The summed E-state index contributed by atoms with van der Waals surface area (Å²) in [4.78, 5) is 0. The van der Waals surface area contributed by atoms with Crippen molar-refractivity contribution in [2.75, 3.05) is 0 Å². The van der Waals surface area contributed by atoms with E-state index in [4.69, 9.17) is 0 Å². The summed E-state index contributed by atoms with van der Waals surface area (Å²) in [6.07, 6.45) is 0. The van der Waals surface area contributed by atoms with Crippen LogP contribution in [0.25, 0.3) is 0 Å². The van der Waals surface area contributed by atoms with Gasteiger partial charge in [-0.15, -0.1) is 24.6 Å². The van der Waals surface area contributed by atoms with Crippen LogP contribution in [0.1, 0.15) is 0 Å². The maximum Gasteiger partial charge on any atom is 0.0692 e. The molecule has 0 saturated carbocycles. The highest BCUT2D eigenvalue weighted by molar-refractivity contribution is 6.92. The minimum Gasteiger partial charge on any atom is -0.107 e. The highest BCUT2D eigenvalue weighted by Crippen LogP contribution is 2.12. The highest BCUT2D eigenvalue weighted by atomic mass is 28.4. The number of hydrogen-bond donors (Lipinski definition) is 0. The monoisotopic (exact) mass is 169 g/mol. The molecular formula is C8H17Si2. The molecule has 0 aliphatic rings. The van der Waals surface area contributed by atoms with E-state index in [0.717, 1.165) is 0 Å². The van der Waals surface area contributed by atoms with Crippen LogP contribution in [-0.2, 0) is 0 Å². The van der Waals surface area contributed by atoms with Crippen LogP contribution in [0.3, 0.4) is 0 Å². The van der Waals surface area contributed by atoms with E-state index in [1.807, 2.05) is 0 Å². The topological polar surface area (TPSA) is 0 Å². The Morgan fingerprint density at radius 2 is 1.90 bits per heavy atom. The molecule has 0 aromatic carbocycles. The number of hydrogen-bond acceptors (Lipinski definition) is 0. The van der Waals surface area contributed by atoms with Crippen LogP contribution in [0.4, 0.5) is 0 Å². The van der Waals surface area contributed by atoms with E-state index in [9.17, 15) is 0 Å². The first kappa shape index (κ1) is 9.91. The first-order chi connectivity index (χ1) is 4.52. The standard InChI is InChI=1S/C8H17Si2/c1-6-9(3)8-10(4,5)7-2/h6-7H,1-2,8H2,3-5H3. The molecule has 2 heteroatoms. The highest BCUT2D eigenvalue weighted by Gasteiger charge is 2.18. The average molecular weight is 169 g/mol. The molecule has 1 radical (unpaired) electrons. The zero-order chi connectivity index (χ0) is 8.20. The van der Waals surface area contributed by atoms with Crippen LogP contribution in [0, 0.1) is 0 Å². The Morgan fingerprint density at radius 3 is 2.20 bits per heavy atom. The van der Waals surface area contributed by atoms with Crippen molar-refractivity contribution in [1.29, 1.82) is 0 Å². The Bertz CT molecular complexity index is 127. The summed E-state index contributed by atoms with van der Waals surface area (Å²) in [7, 11) is -1.27. The van der Waals surface area contributed by atoms with Gasteiger partial charge in [0.05, 0.1) is 16.9 Å². The molecule has 0 aliphatic heterocycles. The third-order valence-electron chi connectivity index (χ3n) is 1.64. The summed E-state index contributed by atoms with van der Waals surface area (Å²) in [6, 6.07) is 0. The normalized spacial score (nSPS) is 11.6. The second-order valence-corrected chi connectivity index (χ2v) is 11.3. The van der Waals surface area contributed by atoms with E-state index < -0.39 is 8.07 Å². The molecule has 0 fully saturated rings. The van der Waals surface area contributed by atoms with Gasteiger partial charge in [-0.2, -0.15) is 0 Å². The van der Waals surface area contributed by atoms with Crippen LogP contribution < -0.4 is 0 Å². The summed E-state index contributed by atoms with van der Waals surface area (Å²) in [5.74, 6) is 0. The molecule has 0 amide bonds. The zero-order valence-electron chi connectivity index (χ0n) is 7.28. The maximum absolute atomic E-state index is 3.86. The fourth-order valence-electron chi connectivity index (χ4n) is 0.863. The molecule has 57 valence electrons. The second kappa shape index (κ2) is 3.93. The molecule has 0 aliphatic carbocycles. The molecule has 0 aromatic rings. The molecule has 0 heterocycles. The van der Waals surface area contributed by atoms with Crippen LogP contribution in [0.5, 0.6) is 0 Å². The van der Waals surface area contributed by atoms with E-state index >= 15 is 0 Å². The van der Waals surface area contributed by atoms with Gasteiger partial charge in [-0.25, -0.2) is 0 Å². The van der Waals surface area contributed by atoms with Gasteiger partial charge >= 0.3 is 0 Å². The van der Waals surface area contributed by atoms with Crippen molar-refractivity contribution in [2.24, 2.45) is 0 Å². The predicted octanol–water partition coefficient (Wildman–Crippen LogP) is 2.81. The van der Waals surface area contributed by atoms with Gasteiger partial charge < -0.3 is 0 Å². The summed E-state index contributed by atoms with van der Waals surface area (Å²) in [6.45, 7) is 14.7. The summed E-state index contributed by atoms with van der Waals surface area (Å²) < 4.78 is 0. The molecule has 0 atom stereocenters. The van der Waals surface area contributed by atoms with E-state index in [0.29, 0.717) is 0 Å². The minimum absolute atomic E-state index is 0.244. The van der Waals surface area contributed by atoms with Gasteiger partial charge in [0.15, 0.2) is 0 Å². The van der Waals surface area contributed by atoms with E-state index in [-0.39, 0.29) is 8.80 Å². The smallest absolute Gasteiger partial charge is 0.0692 e. The SMILES string of the molecule is C=C[Si](C)C[Si](C)(C)C=C. The quantitative estimate of drug-likeness (QED) is 0.568. The van der Waals surface area contributed by atoms with Crippen LogP contribution in [0.2, 0.25) is 25.3 Å².